The molecule has 1 fully saturated rings. The van der Waals surface area contributed by atoms with E-state index in [1.165, 1.54) is 0 Å². The third-order valence-corrected chi connectivity index (χ3v) is 2.06. The highest BCUT2D eigenvalue weighted by Crippen LogP contribution is 2.29. The van der Waals surface area contributed by atoms with Crippen LogP contribution in [0, 0.1) is 0 Å². The van der Waals surface area contributed by atoms with Gasteiger partial charge in [-0.25, -0.2) is 0 Å². The molecular weight excluding hydrogens is 130 g/mol. The van der Waals surface area contributed by atoms with Crippen LogP contribution in [-0.2, 0) is 4.74 Å². The van der Waals surface area contributed by atoms with Gasteiger partial charge in [0.1, 0.15) is 0 Å². The van der Waals surface area contributed by atoms with Crippen LogP contribution in [0.1, 0.15) is 13.8 Å². The maximum absolute atomic E-state index is 8.92. The summed E-state index contributed by atoms with van der Waals surface area (Å²) in [6.07, 6.45) is 0. The largest absolute Gasteiger partial charge is 0.392 e. The van der Waals surface area contributed by atoms with Crippen LogP contribution in [0.5, 0.6) is 0 Å². The zero-order valence-electron chi connectivity index (χ0n) is 6.63. The van der Waals surface area contributed by atoms with Crippen molar-refractivity contribution in [1.29, 1.82) is 0 Å². The molecule has 1 saturated heterocycles. The lowest BCUT2D eigenvalue weighted by atomic mass is 10.3. The van der Waals surface area contributed by atoms with Crippen LogP contribution in [0.4, 0.5) is 0 Å². The third-order valence-electron chi connectivity index (χ3n) is 2.06. The summed E-state index contributed by atoms with van der Waals surface area (Å²) in [6, 6.07) is 0. The van der Waals surface area contributed by atoms with Gasteiger partial charge in [0.05, 0.1) is 13.2 Å². The zero-order valence-corrected chi connectivity index (χ0v) is 6.63. The molecule has 1 heterocycles. The Balaban J connectivity index is 2.43. The molecule has 0 radical (unpaired) electrons. The first kappa shape index (κ1) is 7.98. The quantitative estimate of drug-likeness (QED) is 0.568. The fourth-order valence-corrected chi connectivity index (χ4v) is 1.26. The van der Waals surface area contributed by atoms with Crippen LogP contribution in [0.3, 0.4) is 0 Å². The molecule has 10 heavy (non-hydrogen) atoms. The Hall–Kier alpha value is -0.120. The number of hydrogen-bond acceptors (Lipinski definition) is 3. The highest BCUT2D eigenvalue weighted by atomic mass is 16.6. The van der Waals surface area contributed by atoms with Crippen LogP contribution in [-0.4, -0.2) is 42.0 Å². The van der Waals surface area contributed by atoms with Gasteiger partial charge in [-0.2, -0.15) is 0 Å². The Morgan fingerprint density at radius 2 is 2.00 bits per heavy atom. The maximum Gasteiger partial charge on any atom is 0.168 e. The van der Waals surface area contributed by atoms with Gasteiger partial charge in [-0.3, -0.25) is 4.90 Å². The molecule has 0 aliphatic carbocycles. The van der Waals surface area contributed by atoms with Crippen molar-refractivity contribution < 1.29 is 9.84 Å². The van der Waals surface area contributed by atoms with Gasteiger partial charge < -0.3 is 9.84 Å². The summed E-state index contributed by atoms with van der Waals surface area (Å²) in [6.45, 7) is 6.83. The lowest BCUT2D eigenvalue weighted by Gasteiger charge is -2.24. The van der Waals surface area contributed by atoms with Gasteiger partial charge in [-0.15, -0.1) is 0 Å². The summed E-state index contributed by atoms with van der Waals surface area (Å²) in [5.74, 6) is 0. The summed E-state index contributed by atoms with van der Waals surface area (Å²) in [5.41, 5.74) is -0.302. The van der Waals surface area contributed by atoms with E-state index in [0.29, 0.717) is 6.61 Å². The molecular formula is C7H15NO2. The summed E-state index contributed by atoms with van der Waals surface area (Å²) in [4.78, 5) is 2.13. The smallest absolute Gasteiger partial charge is 0.168 e. The van der Waals surface area contributed by atoms with Crippen molar-refractivity contribution in [3.8, 4) is 0 Å². The first-order valence-electron chi connectivity index (χ1n) is 3.79. The first-order chi connectivity index (χ1) is 4.79. The average molecular weight is 145 g/mol. The predicted molar refractivity (Wildman–Crippen MR) is 38.7 cm³/mol. The summed E-state index contributed by atoms with van der Waals surface area (Å²) in [5, 5.41) is 8.92. The van der Waals surface area contributed by atoms with Gasteiger partial charge in [-0.1, -0.05) is 13.8 Å². The second-order valence-electron chi connectivity index (χ2n) is 2.57. The molecule has 3 heteroatoms. The minimum Gasteiger partial charge on any atom is -0.392 e. The molecule has 1 aliphatic rings. The molecule has 1 unspecified atom stereocenters. The molecule has 1 aliphatic heterocycles. The number of rotatable bonds is 4. The zero-order chi connectivity index (χ0) is 7.61. The Morgan fingerprint density at radius 3 is 2.10 bits per heavy atom. The lowest BCUT2D eigenvalue weighted by molar-refractivity contribution is 0.0334. The van der Waals surface area contributed by atoms with Crippen molar-refractivity contribution in [2.75, 3.05) is 26.3 Å². The number of nitrogens with zero attached hydrogens (tertiary/aromatic N) is 1. The first-order valence-corrected chi connectivity index (χ1v) is 3.79. The van der Waals surface area contributed by atoms with Crippen molar-refractivity contribution in [2.24, 2.45) is 0 Å². The van der Waals surface area contributed by atoms with Crippen LogP contribution >= 0.6 is 0 Å². The summed E-state index contributed by atoms with van der Waals surface area (Å²) >= 11 is 0. The highest BCUT2D eigenvalue weighted by Gasteiger charge is 2.48. The van der Waals surface area contributed by atoms with Gasteiger partial charge in [0.2, 0.25) is 0 Å². The molecule has 0 aromatic carbocycles. The van der Waals surface area contributed by atoms with Crippen molar-refractivity contribution in [3.05, 3.63) is 0 Å². The van der Waals surface area contributed by atoms with E-state index >= 15 is 0 Å². The van der Waals surface area contributed by atoms with E-state index in [2.05, 4.69) is 18.7 Å². The van der Waals surface area contributed by atoms with E-state index in [0.717, 1.165) is 13.1 Å². The molecule has 1 atom stereocenters. The van der Waals surface area contributed by atoms with E-state index in [1.807, 2.05) is 0 Å². The fourth-order valence-electron chi connectivity index (χ4n) is 1.26. The molecule has 0 amide bonds. The third kappa shape index (κ3) is 1.17. The molecule has 0 bridgehead atoms. The number of ether oxygens (including phenoxy) is 1. The second-order valence-corrected chi connectivity index (χ2v) is 2.57. The number of likely N-dealkylation sites (N-methyl/N-ethyl adjacent to an activating group) is 1. The number of aliphatic hydroxyl groups is 1. The van der Waals surface area contributed by atoms with Crippen LogP contribution in [0.25, 0.3) is 0 Å². The van der Waals surface area contributed by atoms with Gasteiger partial charge in [0, 0.05) is 0 Å². The normalized spacial score (nSPS) is 31.2. The van der Waals surface area contributed by atoms with E-state index in [4.69, 9.17) is 9.84 Å². The molecule has 1 rings (SSSR count). The Bertz CT molecular complexity index is 108. The molecule has 3 nitrogen and oxygen atoms in total. The predicted octanol–water partition coefficient (Wildman–Crippen LogP) is 0.0470. The van der Waals surface area contributed by atoms with Crippen molar-refractivity contribution in [2.45, 2.75) is 19.6 Å². The number of hydrogen-bond donors (Lipinski definition) is 1. The summed E-state index contributed by atoms with van der Waals surface area (Å²) < 4.78 is 5.17. The molecule has 0 saturated carbocycles. The standard InChI is InChI=1S/C7H15NO2/c1-3-8(4-2)7(5-9)6-10-7/h9H,3-6H2,1-2H3. The topological polar surface area (TPSA) is 36.0 Å². The Labute approximate surface area is 61.6 Å². The average Bonchev–Trinajstić information content (AvgIpc) is 2.72. The van der Waals surface area contributed by atoms with E-state index < -0.39 is 0 Å². The number of aliphatic hydroxyl groups excluding tert-OH is 1. The van der Waals surface area contributed by atoms with Gasteiger partial charge in [0.25, 0.3) is 0 Å². The molecule has 60 valence electrons. The van der Waals surface area contributed by atoms with E-state index in [1.54, 1.807) is 0 Å². The lowest BCUT2D eigenvalue weighted by Crippen LogP contribution is -2.41. The van der Waals surface area contributed by atoms with Gasteiger partial charge in [-0.05, 0) is 13.1 Å². The fraction of sp³-hybridized carbons (Fsp3) is 1.00. The maximum atomic E-state index is 8.92. The Morgan fingerprint density at radius 1 is 1.50 bits per heavy atom. The van der Waals surface area contributed by atoms with Crippen LogP contribution in [0.2, 0.25) is 0 Å². The van der Waals surface area contributed by atoms with E-state index in [-0.39, 0.29) is 12.3 Å². The summed E-state index contributed by atoms with van der Waals surface area (Å²) in [7, 11) is 0. The second kappa shape index (κ2) is 2.86. The van der Waals surface area contributed by atoms with Gasteiger partial charge in [0.15, 0.2) is 5.72 Å². The number of epoxide rings is 1. The molecule has 1 N–H and O–H groups in total. The molecule has 0 aromatic rings. The SMILES string of the molecule is CCN(CC)C1(CO)CO1. The van der Waals surface area contributed by atoms with Crippen LogP contribution < -0.4 is 0 Å². The van der Waals surface area contributed by atoms with E-state index in [9.17, 15) is 0 Å². The molecule has 0 spiro atoms. The minimum atomic E-state index is -0.302. The van der Waals surface area contributed by atoms with Gasteiger partial charge >= 0.3 is 0 Å². The monoisotopic (exact) mass is 145 g/mol. The Kier molecular flexibility index (Phi) is 2.28. The van der Waals surface area contributed by atoms with Crippen molar-refractivity contribution in [1.82, 2.24) is 4.90 Å². The highest BCUT2D eigenvalue weighted by molar-refractivity contribution is 4.90. The van der Waals surface area contributed by atoms with Crippen molar-refractivity contribution in [3.63, 3.8) is 0 Å². The molecule has 0 aromatic heterocycles. The van der Waals surface area contributed by atoms with Crippen molar-refractivity contribution >= 4 is 0 Å². The minimum absolute atomic E-state index is 0.120. The van der Waals surface area contributed by atoms with Crippen LogP contribution in [0.15, 0.2) is 0 Å².